The van der Waals surface area contributed by atoms with Gasteiger partial charge in [0, 0.05) is 43.0 Å². The first-order chi connectivity index (χ1) is 21.4. The number of hydrogen-bond acceptors (Lipinski definition) is 4. The minimum Gasteiger partial charge on any atom is -0.304 e. The molecule has 1 radical (unpaired) electrons. The van der Waals surface area contributed by atoms with Crippen molar-refractivity contribution in [2.75, 3.05) is 0 Å². The molecule has 0 aliphatic rings. The van der Waals surface area contributed by atoms with Crippen LogP contribution in [0.2, 0.25) is 0 Å². The van der Waals surface area contributed by atoms with Gasteiger partial charge in [-0.25, -0.2) is 19.3 Å². The van der Waals surface area contributed by atoms with Crippen LogP contribution >= 0.6 is 0 Å². The zero-order valence-corrected chi connectivity index (χ0v) is 29.3. The number of hydrogen-bond donors (Lipinski definition) is 0. The Morgan fingerprint density at radius 1 is 0.500 bits per heavy atom. The van der Waals surface area contributed by atoms with Crippen LogP contribution in [0.25, 0.3) is 56.5 Å². The molecule has 0 aliphatic carbocycles. The summed E-state index contributed by atoms with van der Waals surface area (Å²) >= 11 is 0. The molecule has 0 unspecified atom stereocenters. The number of rotatable bonds is 5. The maximum absolute atomic E-state index is 13.3. The summed E-state index contributed by atoms with van der Waals surface area (Å²) in [5, 5.41) is 0. The predicted octanol–water partition coefficient (Wildman–Crippen LogP) is 10.1. The summed E-state index contributed by atoms with van der Waals surface area (Å²) < 4.78 is 13.3. The van der Waals surface area contributed by atoms with E-state index in [9.17, 15) is 4.39 Å². The Hall–Kier alpha value is -4.38. The molecule has 0 amide bonds. The molecule has 0 bridgehead atoms. The molecule has 0 atom stereocenters. The van der Waals surface area contributed by atoms with Gasteiger partial charge >= 0.3 is 0 Å². The van der Waals surface area contributed by atoms with Crippen molar-refractivity contribution in [2.24, 2.45) is 0 Å². The Kier molecular flexibility index (Phi) is 9.44. The van der Waals surface area contributed by atoms with Crippen LogP contribution in [0.3, 0.4) is 0 Å². The molecular weight excluding hydrogens is 748 g/mol. The Morgan fingerprint density at radius 2 is 0.935 bits per heavy atom. The number of nitrogens with zero attached hydrogens (tertiary/aromatic N) is 4. The van der Waals surface area contributed by atoms with Crippen molar-refractivity contribution in [3.8, 4) is 56.5 Å². The molecule has 4 aromatic carbocycles. The molecule has 46 heavy (non-hydrogen) atoms. The van der Waals surface area contributed by atoms with Gasteiger partial charge in [0.15, 0.2) is 17.5 Å². The molecule has 2 aromatic heterocycles. The maximum Gasteiger partial charge on any atom is 0.165 e. The van der Waals surface area contributed by atoms with E-state index in [0.717, 1.165) is 39.1 Å². The van der Waals surface area contributed by atoms with Crippen LogP contribution in [0.15, 0.2) is 109 Å². The number of pyridine rings is 1. The van der Waals surface area contributed by atoms with Gasteiger partial charge in [-0.05, 0) is 39.8 Å². The van der Waals surface area contributed by atoms with Crippen molar-refractivity contribution in [3.05, 3.63) is 132 Å². The van der Waals surface area contributed by atoms with Crippen LogP contribution in [0, 0.1) is 11.9 Å². The molecule has 6 rings (SSSR count). The summed E-state index contributed by atoms with van der Waals surface area (Å²) in [6.07, 6.45) is 1.80. The average Bonchev–Trinajstić information content (AvgIpc) is 3.04. The second-order valence-electron chi connectivity index (χ2n) is 13.4. The molecule has 0 fully saturated rings. The largest absolute Gasteiger partial charge is 0.304 e. The van der Waals surface area contributed by atoms with E-state index in [1.54, 1.807) is 18.3 Å². The van der Waals surface area contributed by atoms with Gasteiger partial charge < -0.3 is 4.98 Å². The van der Waals surface area contributed by atoms with Gasteiger partial charge in [-0.1, -0.05) is 125 Å². The Bertz CT molecular complexity index is 1840. The minimum absolute atomic E-state index is 0. The van der Waals surface area contributed by atoms with Crippen LogP contribution in [-0.2, 0) is 30.9 Å². The molecule has 4 nitrogen and oxygen atoms in total. The van der Waals surface area contributed by atoms with E-state index in [2.05, 4.69) is 96.1 Å². The summed E-state index contributed by atoms with van der Waals surface area (Å²) in [6, 6.07) is 36.5. The molecule has 6 heteroatoms. The molecule has 0 N–H and O–H groups in total. The molecule has 6 aromatic rings. The van der Waals surface area contributed by atoms with Gasteiger partial charge in [0.05, 0.1) is 0 Å². The van der Waals surface area contributed by atoms with Crippen molar-refractivity contribution >= 4 is 0 Å². The van der Waals surface area contributed by atoms with Crippen molar-refractivity contribution in [1.29, 1.82) is 0 Å². The smallest absolute Gasteiger partial charge is 0.165 e. The van der Waals surface area contributed by atoms with Crippen LogP contribution in [0.1, 0.15) is 52.7 Å². The second-order valence-corrected chi connectivity index (χ2v) is 13.4. The van der Waals surface area contributed by atoms with Crippen LogP contribution in [-0.4, -0.2) is 19.9 Å². The van der Waals surface area contributed by atoms with E-state index in [1.807, 2.05) is 30.3 Å². The van der Waals surface area contributed by atoms with Gasteiger partial charge in [0.1, 0.15) is 5.82 Å². The summed E-state index contributed by atoms with van der Waals surface area (Å²) in [6.45, 7) is 13.2. The standard InChI is InChI=1S/C40H36FN4.Ir/c1-39(2,3)32-18-11-29(12-19-32)36-43-37(30-13-20-33(21-14-30)40(4,5)6)45-38(44-36)31-17-24-35(42-25-31)28-9-7-26(8-10-28)27-15-22-34(41)23-16-27;/h7-9,11-25H,1-6H3;/q-1;. The van der Waals surface area contributed by atoms with Gasteiger partial charge in [0.2, 0.25) is 0 Å². The predicted molar refractivity (Wildman–Crippen MR) is 181 cm³/mol. The third-order valence-corrected chi connectivity index (χ3v) is 7.94. The fourth-order valence-electron chi connectivity index (χ4n) is 5.09. The zero-order valence-electron chi connectivity index (χ0n) is 26.9. The van der Waals surface area contributed by atoms with Gasteiger partial charge in [0.25, 0.3) is 0 Å². The Balaban J connectivity index is 0.00000417. The van der Waals surface area contributed by atoms with E-state index < -0.39 is 0 Å². The molecule has 0 spiro atoms. The number of aromatic nitrogens is 4. The topological polar surface area (TPSA) is 51.6 Å². The molecule has 233 valence electrons. The summed E-state index contributed by atoms with van der Waals surface area (Å²) in [5.41, 5.74) is 8.81. The first-order valence-corrected chi connectivity index (χ1v) is 15.2. The van der Waals surface area contributed by atoms with Gasteiger partial charge in [-0.15, -0.1) is 29.8 Å². The first-order valence-electron chi connectivity index (χ1n) is 15.2. The van der Waals surface area contributed by atoms with E-state index in [4.69, 9.17) is 19.9 Å². The van der Waals surface area contributed by atoms with Crippen LogP contribution in [0.5, 0.6) is 0 Å². The monoisotopic (exact) mass is 784 g/mol. The summed E-state index contributed by atoms with van der Waals surface area (Å²) in [5.74, 6) is 1.54. The molecular formula is C40H36FIrN4-. The molecule has 0 aliphatic heterocycles. The average molecular weight is 784 g/mol. The molecule has 0 saturated carbocycles. The number of halogens is 1. The minimum atomic E-state index is -0.252. The maximum atomic E-state index is 13.3. The third-order valence-electron chi connectivity index (χ3n) is 7.94. The van der Waals surface area contributed by atoms with Crippen molar-refractivity contribution < 1.29 is 24.5 Å². The zero-order chi connectivity index (χ0) is 31.8. The Morgan fingerprint density at radius 3 is 1.35 bits per heavy atom. The van der Waals surface area contributed by atoms with Crippen LogP contribution in [0.4, 0.5) is 4.39 Å². The fraction of sp³-hybridized carbons (Fsp3) is 0.200. The SMILES string of the molecule is CC(C)(C)c1ccc(-c2nc(-c3ccc(C(C)(C)C)cc3)nc(-c3ccc(-c4[c-]cc(-c5ccc(F)cc5)cc4)nc3)n2)cc1.[Ir]. The quantitative estimate of drug-likeness (QED) is 0.164. The van der Waals surface area contributed by atoms with E-state index >= 15 is 0 Å². The van der Waals surface area contributed by atoms with Crippen molar-refractivity contribution in [2.45, 2.75) is 52.4 Å². The Labute approximate surface area is 284 Å². The van der Waals surface area contributed by atoms with Crippen molar-refractivity contribution in [3.63, 3.8) is 0 Å². The molecule has 2 heterocycles. The van der Waals surface area contributed by atoms with Gasteiger partial charge in [-0.3, -0.25) is 0 Å². The summed E-state index contributed by atoms with van der Waals surface area (Å²) in [4.78, 5) is 19.5. The van der Waals surface area contributed by atoms with Crippen LogP contribution < -0.4 is 0 Å². The van der Waals surface area contributed by atoms with E-state index in [1.165, 1.54) is 23.3 Å². The van der Waals surface area contributed by atoms with Gasteiger partial charge in [-0.2, -0.15) is 0 Å². The summed E-state index contributed by atoms with van der Waals surface area (Å²) in [7, 11) is 0. The normalized spacial score (nSPS) is 11.6. The number of benzene rings is 4. The van der Waals surface area contributed by atoms with Crippen molar-refractivity contribution in [1.82, 2.24) is 19.9 Å². The third kappa shape index (κ3) is 7.36. The molecule has 0 saturated heterocycles. The first kappa shape index (κ1) is 33.0. The van der Waals surface area contributed by atoms with E-state index in [-0.39, 0.29) is 36.8 Å². The fourth-order valence-corrected chi connectivity index (χ4v) is 5.09. The second kappa shape index (κ2) is 13.2. The van der Waals surface area contributed by atoms with E-state index in [0.29, 0.717) is 17.5 Å².